The number of nitrogens with two attached hydrogens (primary N) is 2. The zero-order valence-electron chi connectivity index (χ0n) is 14.1. The van der Waals surface area contributed by atoms with Crippen molar-refractivity contribution in [2.24, 2.45) is 5.73 Å². The predicted molar refractivity (Wildman–Crippen MR) is 97.6 cm³/mol. The van der Waals surface area contributed by atoms with E-state index in [0.717, 1.165) is 0 Å². The number of ether oxygens (including phenoxy) is 1. The summed E-state index contributed by atoms with van der Waals surface area (Å²) in [5, 5.41) is 20.6. The van der Waals surface area contributed by atoms with Crippen molar-refractivity contribution in [1.29, 1.82) is 0 Å². The van der Waals surface area contributed by atoms with Gasteiger partial charge in [-0.15, -0.1) is 0 Å². The zero-order chi connectivity index (χ0) is 19.8. The normalized spacial score (nSPS) is 27.3. The van der Waals surface area contributed by atoms with Gasteiger partial charge in [0.15, 0.2) is 17.7 Å². The Hall–Kier alpha value is -1.31. The summed E-state index contributed by atoms with van der Waals surface area (Å²) in [5.41, 5.74) is 11.9. The number of hydrogen-bond donors (Lipinski definition) is 6. The molecule has 1 aliphatic rings. The number of aromatic nitrogens is 4. The molecule has 2 aromatic heterocycles. The molecular formula is C13H21N6O6PS. The number of aliphatic hydroxyl groups is 2. The quantitative estimate of drug-likeness (QED) is 0.226. The average Bonchev–Trinajstić information content (AvgIpc) is 3.14. The van der Waals surface area contributed by atoms with Crippen LogP contribution in [0.4, 0.5) is 5.82 Å². The van der Waals surface area contributed by atoms with Gasteiger partial charge in [0.1, 0.15) is 29.8 Å². The summed E-state index contributed by atoms with van der Waals surface area (Å²) in [6, 6.07) is 0. The zero-order valence-corrected chi connectivity index (χ0v) is 15.8. The van der Waals surface area contributed by atoms with Gasteiger partial charge in [0.25, 0.3) is 0 Å². The van der Waals surface area contributed by atoms with Crippen molar-refractivity contribution >= 4 is 36.3 Å². The summed E-state index contributed by atoms with van der Waals surface area (Å²) in [7, 11) is -4.30. The van der Waals surface area contributed by atoms with Crippen molar-refractivity contribution < 1.29 is 29.3 Å². The molecule has 1 fully saturated rings. The van der Waals surface area contributed by atoms with Crippen LogP contribution in [0.1, 0.15) is 12.6 Å². The second-order valence-electron chi connectivity index (χ2n) is 6.15. The van der Waals surface area contributed by atoms with Crippen molar-refractivity contribution in [1.82, 2.24) is 19.5 Å². The smallest absolute Gasteiger partial charge is 0.342 e. The number of aliphatic hydroxyl groups excluding tert-OH is 2. The van der Waals surface area contributed by atoms with Gasteiger partial charge in [-0.2, -0.15) is 11.8 Å². The monoisotopic (exact) mass is 420 g/mol. The van der Waals surface area contributed by atoms with E-state index in [2.05, 4.69) is 15.0 Å². The fourth-order valence-electron chi connectivity index (χ4n) is 2.72. The van der Waals surface area contributed by atoms with Gasteiger partial charge in [0.2, 0.25) is 0 Å². The van der Waals surface area contributed by atoms with Crippen molar-refractivity contribution in [3.63, 3.8) is 0 Å². The number of hydrogen-bond acceptors (Lipinski definition) is 10. The third kappa shape index (κ3) is 4.25. The first-order valence-electron chi connectivity index (χ1n) is 8.03. The fourth-order valence-corrected chi connectivity index (χ4v) is 4.46. The van der Waals surface area contributed by atoms with Crippen LogP contribution in [-0.4, -0.2) is 75.1 Å². The molecule has 14 heteroatoms. The first-order chi connectivity index (χ1) is 12.7. The van der Waals surface area contributed by atoms with E-state index in [1.165, 1.54) is 29.0 Å². The lowest BCUT2D eigenvalue weighted by atomic mass is 10.1. The first kappa shape index (κ1) is 20.4. The molecule has 1 saturated heterocycles. The minimum absolute atomic E-state index is 0.117. The molecule has 1 aliphatic heterocycles. The van der Waals surface area contributed by atoms with E-state index in [-0.39, 0.29) is 12.2 Å². The molecule has 8 N–H and O–H groups in total. The van der Waals surface area contributed by atoms with E-state index in [9.17, 15) is 14.8 Å². The highest BCUT2D eigenvalue weighted by Gasteiger charge is 2.44. The summed E-state index contributed by atoms with van der Waals surface area (Å²) >= 11 is 1.32. The molecule has 12 nitrogen and oxygen atoms in total. The van der Waals surface area contributed by atoms with E-state index in [1.807, 2.05) is 0 Å². The molecule has 0 radical (unpaired) electrons. The van der Waals surface area contributed by atoms with Crippen LogP contribution in [0.3, 0.4) is 0 Å². The number of nitrogen functional groups attached to an aromatic ring is 1. The van der Waals surface area contributed by atoms with Crippen LogP contribution < -0.4 is 11.5 Å². The van der Waals surface area contributed by atoms with Gasteiger partial charge in [0.05, 0.1) is 12.4 Å². The van der Waals surface area contributed by atoms with E-state index < -0.39 is 37.9 Å². The lowest BCUT2D eigenvalue weighted by molar-refractivity contribution is -0.0289. The van der Waals surface area contributed by atoms with Crippen LogP contribution in [0.15, 0.2) is 12.7 Å². The maximum absolute atomic E-state index is 11.0. The molecule has 27 heavy (non-hydrogen) atoms. The second kappa shape index (κ2) is 7.97. The summed E-state index contributed by atoms with van der Waals surface area (Å²) in [4.78, 5) is 30.0. The van der Waals surface area contributed by atoms with Crippen molar-refractivity contribution in [2.45, 2.75) is 36.7 Å². The molecule has 3 heterocycles. The van der Waals surface area contributed by atoms with Gasteiger partial charge >= 0.3 is 7.60 Å². The van der Waals surface area contributed by atoms with E-state index >= 15 is 0 Å². The van der Waals surface area contributed by atoms with Crippen LogP contribution in [0.5, 0.6) is 0 Å². The van der Waals surface area contributed by atoms with Gasteiger partial charge in [0, 0.05) is 5.75 Å². The summed E-state index contributed by atoms with van der Waals surface area (Å²) in [6.07, 6.45) is -1.14. The van der Waals surface area contributed by atoms with E-state index in [1.54, 1.807) is 0 Å². The molecule has 150 valence electrons. The number of imidazole rings is 1. The Balaban J connectivity index is 1.62. The lowest BCUT2D eigenvalue weighted by Crippen LogP contribution is -2.32. The van der Waals surface area contributed by atoms with Gasteiger partial charge in [-0.05, 0) is 12.2 Å². The first-order valence-corrected chi connectivity index (χ1v) is 10.9. The molecule has 3 rings (SSSR count). The van der Waals surface area contributed by atoms with Crippen LogP contribution in [0.2, 0.25) is 0 Å². The number of fused-ring (bicyclic) bond motifs is 1. The molecule has 0 spiro atoms. The van der Waals surface area contributed by atoms with E-state index in [4.69, 9.17) is 26.0 Å². The number of rotatable bonds is 7. The molecule has 0 bridgehead atoms. The summed E-state index contributed by atoms with van der Waals surface area (Å²) in [5.74, 6) is -0.343. The highest BCUT2D eigenvalue weighted by Crippen LogP contribution is 2.40. The Labute approximate surface area is 158 Å². The molecule has 0 aromatic carbocycles. The molecule has 0 saturated carbocycles. The largest absolute Gasteiger partial charge is 0.387 e. The molecule has 3 unspecified atom stereocenters. The van der Waals surface area contributed by atoms with Crippen LogP contribution in [-0.2, 0) is 9.30 Å². The standard InChI is InChI=1S/C13H21N6O6PS/c14-7(26(22,23)24)1-2-27-3-6-9(20)10(21)13(25-6)19-5-18-8-11(15)16-4-17-12(8)19/h4-7,9-10,13,20-21H,1-3,14H2,(H2,15,16,17)(H2,22,23,24)/t6-,7?,9?,10?,13-/m1/s1. The topological polar surface area (TPSA) is 203 Å². The molecule has 2 aromatic rings. The SMILES string of the molecule is Nc1ncnc2c1ncn2[C@@H]1O[C@H](CSCCC(N)P(=O)(O)O)C(O)C1O. The molecular weight excluding hydrogens is 399 g/mol. The summed E-state index contributed by atoms with van der Waals surface area (Å²) in [6.45, 7) is 0. The maximum Gasteiger partial charge on any atom is 0.342 e. The average molecular weight is 420 g/mol. The molecule has 0 amide bonds. The van der Waals surface area contributed by atoms with Crippen molar-refractivity contribution in [3.05, 3.63) is 12.7 Å². The number of nitrogens with zero attached hydrogens (tertiary/aromatic N) is 4. The van der Waals surface area contributed by atoms with Crippen LogP contribution in [0, 0.1) is 0 Å². The Kier molecular flexibility index (Phi) is 6.03. The number of thioether (sulfide) groups is 1. The van der Waals surface area contributed by atoms with Crippen LogP contribution >= 0.6 is 19.4 Å². The highest BCUT2D eigenvalue weighted by molar-refractivity contribution is 7.99. The Morgan fingerprint density at radius 2 is 2.04 bits per heavy atom. The number of anilines is 1. The van der Waals surface area contributed by atoms with Gasteiger partial charge in [-0.1, -0.05) is 0 Å². The van der Waals surface area contributed by atoms with Crippen molar-refractivity contribution in [2.75, 3.05) is 17.2 Å². The Morgan fingerprint density at radius 3 is 2.74 bits per heavy atom. The molecule has 5 atom stereocenters. The predicted octanol–water partition coefficient (Wildman–Crippen LogP) is -1.39. The summed E-state index contributed by atoms with van der Waals surface area (Å²) < 4.78 is 18.3. The highest BCUT2D eigenvalue weighted by atomic mass is 32.2. The Bertz CT molecular complexity index is 848. The minimum Gasteiger partial charge on any atom is -0.387 e. The lowest BCUT2D eigenvalue weighted by Gasteiger charge is -2.16. The minimum atomic E-state index is -4.30. The van der Waals surface area contributed by atoms with Crippen molar-refractivity contribution in [3.8, 4) is 0 Å². The fraction of sp³-hybridized carbons (Fsp3) is 0.615. The van der Waals surface area contributed by atoms with Gasteiger partial charge in [-0.25, -0.2) is 15.0 Å². The van der Waals surface area contributed by atoms with Gasteiger partial charge < -0.3 is 36.2 Å². The van der Waals surface area contributed by atoms with Crippen LogP contribution in [0.25, 0.3) is 11.2 Å². The second-order valence-corrected chi connectivity index (χ2v) is 9.14. The Morgan fingerprint density at radius 1 is 1.30 bits per heavy atom. The van der Waals surface area contributed by atoms with Gasteiger partial charge in [-0.3, -0.25) is 9.13 Å². The molecule has 0 aliphatic carbocycles. The third-order valence-corrected chi connectivity index (χ3v) is 6.48. The van der Waals surface area contributed by atoms with E-state index in [0.29, 0.717) is 22.7 Å². The maximum atomic E-state index is 11.0. The third-order valence-electron chi connectivity index (χ3n) is 4.27.